The molecule has 8 nitrogen and oxygen atoms in total. The van der Waals surface area contributed by atoms with Crippen LogP contribution >= 0.6 is 0 Å². The Hall–Kier alpha value is -4.14. The molecule has 3 heterocycles. The lowest BCUT2D eigenvalue weighted by molar-refractivity contribution is -0.929. The zero-order chi connectivity index (χ0) is 37.0. The molecule has 0 radical (unpaired) electrons. The highest BCUT2D eigenvalue weighted by molar-refractivity contribution is 6.10. The summed E-state index contributed by atoms with van der Waals surface area (Å²) in [5.41, 5.74) is 7.78. The number of fused-ring (bicyclic) bond motifs is 2. The van der Waals surface area contributed by atoms with Crippen molar-refractivity contribution >= 4 is 45.0 Å². The number of aromatic nitrogens is 3. The van der Waals surface area contributed by atoms with Crippen LogP contribution in [0.2, 0.25) is 0 Å². The highest BCUT2D eigenvalue weighted by Crippen LogP contribution is 2.29. The number of pyridine rings is 1. The normalized spacial score (nSPS) is 11.2. The Balaban J connectivity index is 0.000000347. The van der Waals surface area contributed by atoms with Crippen LogP contribution in [-0.2, 0) is 0 Å². The van der Waals surface area contributed by atoms with Gasteiger partial charge in [-0.2, -0.15) is 0 Å². The van der Waals surface area contributed by atoms with Crippen molar-refractivity contribution in [1.82, 2.24) is 15.0 Å². The van der Waals surface area contributed by atoms with Crippen LogP contribution in [0, 0.1) is 27.7 Å². The summed E-state index contributed by atoms with van der Waals surface area (Å²) in [7, 11) is 0. The number of unbranched alkanes of at least 4 members (excludes halogenated alkanes) is 4. The molecular formula is C43H61ClN6O2. The van der Waals surface area contributed by atoms with Crippen LogP contribution in [0.15, 0.2) is 54.6 Å². The van der Waals surface area contributed by atoms with Gasteiger partial charge in [-0.05, 0) is 88.8 Å². The molecular weight excluding hydrogens is 668 g/mol. The van der Waals surface area contributed by atoms with E-state index < -0.39 is 0 Å². The van der Waals surface area contributed by atoms with Crippen LogP contribution in [0.25, 0.3) is 21.8 Å². The Morgan fingerprint density at radius 3 is 1.27 bits per heavy atom. The van der Waals surface area contributed by atoms with E-state index in [1.807, 2.05) is 64.1 Å². The monoisotopic (exact) mass is 728 g/mol. The van der Waals surface area contributed by atoms with E-state index in [-0.39, 0.29) is 35.6 Å². The molecule has 0 atom stereocenters. The summed E-state index contributed by atoms with van der Waals surface area (Å²) >= 11 is 0. The molecule has 0 aliphatic heterocycles. The van der Waals surface area contributed by atoms with E-state index in [0.29, 0.717) is 11.4 Å². The van der Waals surface area contributed by atoms with Crippen LogP contribution < -0.4 is 23.0 Å². The molecule has 0 spiro atoms. The number of H-pyrrole nitrogens is 2. The molecule has 0 unspecified atom stereocenters. The minimum Gasteiger partial charge on any atom is -1.00 e. The maximum Gasteiger partial charge on any atom is 0.274 e. The van der Waals surface area contributed by atoms with E-state index in [1.54, 1.807) is 18.2 Å². The molecule has 5 aromatic rings. The summed E-state index contributed by atoms with van der Waals surface area (Å²) in [6, 6.07) is 16.4. The molecule has 2 amide bonds. The summed E-state index contributed by atoms with van der Waals surface area (Å²) in [4.78, 5) is 36.9. The minimum atomic E-state index is -0.384. The molecule has 0 bridgehead atoms. The smallest absolute Gasteiger partial charge is 0.274 e. The van der Waals surface area contributed by atoms with Crippen LogP contribution in [-0.4, -0.2) is 57.4 Å². The van der Waals surface area contributed by atoms with Gasteiger partial charge in [-0.15, -0.1) is 0 Å². The standard InChI is InChI=1S/C27H25N5O2.C16H36N.ClH/c1-14-16(3)28-24-18(14)8-5-10-20(24)31-26(33)22-12-7-13-23(30-22)27(34)32-21-11-6-9-19-15(2)17(4)29-25(19)21;1-5-9-13-17(14-10-6-2,15-11-7-3)16-12-8-4;/h5-13,28-29H,1-4H3,(H,31,33)(H,32,34);5-16H2,1-4H3;1H/q;+1;/p-1. The van der Waals surface area contributed by atoms with E-state index in [2.05, 4.69) is 53.3 Å². The van der Waals surface area contributed by atoms with Crippen LogP contribution in [0.1, 0.15) is 123 Å². The number of benzene rings is 2. The number of aryl methyl sites for hydroxylation is 4. The maximum atomic E-state index is 13.0. The van der Waals surface area contributed by atoms with E-state index in [1.165, 1.54) is 82.0 Å². The molecule has 0 fully saturated rings. The van der Waals surface area contributed by atoms with Gasteiger partial charge in [0.25, 0.3) is 11.8 Å². The Morgan fingerprint density at radius 1 is 0.577 bits per heavy atom. The number of amides is 2. The summed E-state index contributed by atoms with van der Waals surface area (Å²) in [6.45, 7) is 23.1. The van der Waals surface area contributed by atoms with Crippen molar-refractivity contribution < 1.29 is 26.5 Å². The van der Waals surface area contributed by atoms with Crippen molar-refractivity contribution in [3.63, 3.8) is 0 Å². The highest BCUT2D eigenvalue weighted by Gasteiger charge is 2.25. The van der Waals surface area contributed by atoms with Gasteiger partial charge in [0.15, 0.2) is 0 Å². The maximum absolute atomic E-state index is 13.0. The molecule has 9 heteroatoms. The van der Waals surface area contributed by atoms with Crippen LogP contribution in [0.5, 0.6) is 0 Å². The minimum absolute atomic E-state index is 0. The highest BCUT2D eigenvalue weighted by atomic mass is 35.5. The van der Waals surface area contributed by atoms with Crippen molar-refractivity contribution in [2.45, 2.75) is 107 Å². The van der Waals surface area contributed by atoms with Gasteiger partial charge in [-0.25, -0.2) is 4.98 Å². The average molecular weight is 729 g/mol. The number of aromatic amines is 2. The molecule has 0 aliphatic carbocycles. The van der Waals surface area contributed by atoms with Crippen molar-refractivity contribution in [2.24, 2.45) is 0 Å². The summed E-state index contributed by atoms with van der Waals surface area (Å²) in [5, 5.41) is 7.95. The number of anilines is 2. The molecule has 282 valence electrons. The zero-order valence-electron chi connectivity index (χ0n) is 32.8. The first-order chi connectivity index (χ1) is 24.6. The van der Waals surface area contributed by atoms with E-state index in [4.69, 9.17) is 0 Å². The lowest BCUT2D eigenvalue weighted by Gasteiger charge is -2.39. The molecule has 2 aromatic carbocycles. The zero-order valence-corrected chi connectivity index (χ0v) is 33.5. The largest absolute Gasteiger partial charge is 1.00 e. The third-order valence-electron chi connectivity index (χ3n) is 10.3. The number of rotatable bonds is 16. The molecule has 0 saturated heterocycles. The number of nitrogens with one attached hydrogen (secondary N) is 4. The van der Waals surface area contributed by atoms with Crippen molar-refractivity contribution in [1.29, 1.82) is 0 Å². The first-order valence-corrected chi connectivity index (χ1v) is 19.2. The van der Waals surface area contributed by atoms with Crippen molar-refractivity contribution in [3.8, 4) is 0 Å². The fourth-order valence-electron chi connectivity index (χ4n) is 6.88. The SMILES string of the molecule is CCCC[N+](CCCC)(CCCC)CCCC.Cc1[nH]c2c(NC(=O)c3cccc(C(=O)Nc4cccc5c(C)c(C)[nH]c45)n3)cccc2c1C.[Cl-]. The fraction of sp³-hybridized carbons (Fsp3) is 0.465. The van der Waals surface area contributed by atoms with E-state index in [9.17, 15) is 9.59 Å². The van der Waals surface area contributed by atoms with E-state index in [0.717, 1.165) is 44.3 Å². The second kappa shape index (κ2) is 20.2. The lowest BCUT2D eigenvalue weighted by Crippen LogP contribution is -3.00. The van der Waals surface area contributed by atoms with Gasteiger partial charge in [0.2, 0.25) is 0 Å². The van der Waals surface area contributed by atoms with Crippen LogP contribution in [0.3, 0.4) is 0 Å². The number of carbonyl (C=O) groups is 2. The van der Waals surface area contributed by atoms with Gasteiger partial charge in [0.05, 0.1) is 48.6 Å². The third-order valence-corrected chi connectivity index (χ3v) is 10.3. The Morgan fingerprint density at radius 2 is 0.923 bits per heavy atom. The molecule has 52 heavy (non-hydrogen) atoms. The van der Waals surface area contributed by atoms with Gasteiger partial charge in [0.1, 0.15) is 11.4 Å². The average Bonchev–Trinajstić information content (AvgIpc) is 3.61. The lowest BCUT2D eigenvalue weighted by atomic mass is 10.1. The number of nitrogens with zero attached hydrogens (tertiary/aromatic N) is 2. The Bertz CT molecular complexity index is 1760. The number of carbonyl (C=O) groups excluding carboxylic acids is 2. The summed E-state index contributed by atoms with van der Waals surface area (Å²) < 4.78 is 1.42. The van der Waals surface area contributed by atoms with Gasteiger partial charge in [-0.1, -0.05) is 83.7 Å². The molecule has 0 saturated carbocycles. The second-order valence-corrected chi connectivity index (χ2v) is 14.2. The molecule has 0 aliphatic rings. The topological polar surface area (TPSA) is 103 Å². The number of quaternary nitrogens is 1. The third kappa shape index (κ3) is 10.5. The number of hydrogen-bond donors (Lipinski definition) is 4. The fourth-order valence-corrected chi connectivity index (χ4v) is 6.88. The summed E-state index contributed by atoms with van der Waals surface area (Å²) in [6.07, 6.45) is 11.1. The number of halogens is 1. The first-order valence-electron chi connectivity index (χ1n) is 19.2. The quantitative estimate of drug-likeness (QED) is 0.0781. The summed E-state index contributed by atoms with van der Waals surface area (Å²) in [5.74, 6) is -0.769. The molecule has 3 aromatic heterocycles. The van der Waals surface area contributed by atoms with Crippen molar-refractivity contribution in [3.05, 3.63) is 88.5 Å². The predicted octanol–water partition coefficient (Wildman–Crippen LogP) is 7.79. The predicted molar refractivity (Wildman–Crippen MR) is 215 cm³/mol. The van der Waals surface area contributed by atoms with Crippen molar-refractivity contribution in [2.75, 3.05) is 36.8 Å². The Kier molecular flexibility index (Phi) is 16.4. The van der Waals surface area contributed by atoms with Crippen LogP contribution in [0.4, 0.5) is 11.4 Å². The number of para-hydroxylation sites is 2. The van der Waals surface area contributed by atoms with E-state index >= 15 is 0 Å². The van der Waals surface area contributed by atoms with Gasteiger partial charge >= 0.3 is 0 Å². The van der Waals surface area contributed by atoms with Gasteiger partial charge in [0, 0.05) is 22.2 Å². The second-order valence-electron chi connectivity index (χ2n) is 14.2. The first kappa shape index (κ1) is 42.3. The molecule has 5 rings (SSSR count). The van der Waals surface area contributed by atoms with Gasteiger partial charge in [-0.3, -0.25) is 9.59 Å². The van der Waals surface area contributed by atoms with Gasteiger partial charge < -0.3 is 37.5 Å². The Labute approximate surface area is 317 Å². The molecule has 4 N–H and O–H groups in total. The number of hydrogen-bond acceptors (Lipinski definition) is 3.